The number of benzene rings is 1. The van der Waals surface area contributed by atoms with E-state index in [1.54, 1.807) is 0 Å². The van der Waals surface area contributed by atoms with E-state index < -0.39 is 0 Å². The molecule has 1 aromatic carbocycles. The summed E-state index contributed by atoms with van der Waals surface area (Å²) in [6.45, 7) is 7.00. The van der Waals surface area contributed by atoms with Gasteiger partial charge in [-0.1, -0.05) is 37.3 Å². The molecule has 4 nitrogen and oxygen atoms in total. The molecule has 5 heteroatoms. The van der Waals surface area contributed by atoms with E-state index >= 15 is 0 Å². The summed E-state index contributed by atoms with van der Waals surface area (Å²) in [4.78, 5) is 18.9. The highest BCUT2D eigenvalue weighted by Crippen LogP contribution is 2.25. The van der Waals surface area contributed by atoms with Crippen LogP contribution >= 0.6 is 11.3 Å². The van der Waals surface area contributed by atoms with Crippen LogP contribution in [-0.4, -0.2) is 35.4 Å². The van der Waals surface area contributed by atoms with Crippen LogP contribution in [0.1, 0.15) is 20.3 Å². The highest BCUT2D eigenvalue weighted by molar-refractivity contribution is 7.22. The van der Waals surface area contributed by atoms with Gasteiger partial charge in [0.05, 0.1) is 16.8 Å². The van der Waals surface area contributed by atoms with Gasteiger partial charge in [-0.25, -0.2) is 4.98 Å². The maximum atomic E-state index is 12.2. The van der Waals surface area contributed by atoms with Crippen molar-refractivity contribution in [2.45, 2.75) is 20.3 Å². The molecule has 1 N–H and O–H groups in total. The molecule has 2 atom stereocenters. The van der Waals surface area contributed by atoms with Gasteiger partial charge in [0.15, 0.2) is 5.13 Å². The molecule has 0 spiro atoms. The Morgan fingerprint density at radius 3 is 2.76 bits per heavy atom. The van der Waals surface area contributed by atoms with Crippen molar-refractivity contribution in [1.82, 2.24) is 9.88 Å². The predicted molar refractivity (Wildman–Crippen MR) is 87.6 cm³/mol. The quantitative estimate of drug-likeness (QED) is 0.947. The van der Waals surface area contributed by atoms with Gasteiger partial charge in [0.2, 0.25) is 5.91 Å². The standard InChI is InChI=1S/C16H21N3OS/c1-11-7-12(2)9-19(8-11)10-15(20)18-16-17-13-5-3-4-6-14(13)21-16/h3-6,11-12H,7-10H2,1-2H3,(H,17,18,20). The number of hydrogen-bond donors (Lipinski definition) is 1. The fourth-order valence-corrected chi connectivity index (χ4v) is 4.09. The van der Waals surface area contributed by atoms with Gasteiger partial charge in [0.25, 0.3) is 0 Å². The van der Waals surface area contributed by atoms with E-state index in [1.807, 2.05) is 24.3 Å². The van der Waals surface area contributed by atoms with E-state index in [4.69, 9.17) is 0 Å². The molecule has 0 saturated carbocycles. The summed E-state index contributed by atoms with van der Waals surface area (Å²) in [5.74, 6) is 1.38. The fourth-order valence-electron chi connectivity index (χ4n) is 3.21. The number of amides is 1. The van der Waals surface area contributed by atoms with Crippen LogP contribution in [-0.2, 0) is 4.79 Å². The lowest BCUT2D eigenvalue weighted by molar-refractivity contribution is -0.117. The molecule has 2 aromatic rings. The number of carbonyl (C=O) groups is 1. The Bertz CT molecular complexity index is 596. The second-order valence-electron chi connectivity index (χ2n) is 6.18. The molecule has 2 unspecified atom stereocenters. The number of nitrogens with one attached hydrogen (secondary N) is 1. The molecule has 1 saturated heterocycles. The van der Waals surface area contributed by atoms with Gasteiger partial charge in [-0.15, -0.1) is 0 Å². The van der Waals surface area contributed by atoms with Crippen LogP contribution in [0, 0.1) is 11.8 Å². The second-order valence-corrected chi connectivity index (χ2v) is 7.21. The first-order chi connectivity index (χ1) is 10.1. The van der Waals surface area contributed by atoms with Gasteiger partial charge in [0, 0.05) is 13.1 Å². The molecule has 3 rings (SSSR count). The minimum atomic E-state index is 0.0374. The highest BCUT2D eigenvalue weighted by Gasteiger charge is 2.23. The van der Waals surface area contributed by atoms with Gasteiger partial charge >= 0.3 is 0 Å². The van der Waals surface area contributed by atoms with Gasteiger partial charge in [-0.3, -0.25) is 9.69 Å². The van der Waals surface area contributed by atoms with E-state index in [0.717, 1.165) is 23.3 Å². The Morgan fingerprint density at radius 2 is 2.05 bits per heavy atom. The minimum Gasteiger partial charge on any atom is -0.301 e. The zero-order chi connectivity index (χ0) is 14.8. The van der Waals surface area contributed by atoms with Crippen molar-refractivity contribution in [1.29, 1.82) is 0 Å². The number of likely N-dealkylation sites (tertiary alicyclic amines) is 1. The van der Waals surface area contributed by atoms with Gasteiger partial charge in [0.1, 0.15) is 0 Å². The topological polar surface area (TPSA) is 45.2 Å². The van der Waals surface area contributed by atoms with Crippen LogP contribution in [0.25, 0.3) is 10.2 Å². The zero-order valence-electron chi connectivity index (χ0n) is 12.5. The Labute approximate surface area is 129 Å². The number of rotatable bonds is 3. The predicted octanol–water partition coefficient (Wildman–Crippen LogP) is 3.21. The number of carbonyl (C=O) groups excluding carboxylic acids is 1. The van der Waals surface area contributed by atoms with Gasteiger partial charge < -0.3 is 5.32 Å². The summed E-state index contributed by atoms with van der Waals surface area (Å²) in [6, 6.07) is 7.94. The van der Waals surface area contributed by atoms with Crippen molar-refractivity contribution in [2.24, 2.45) is 11.8 Å². The Kier molecular flexibility index (Phi) is 4.22. The summed E-state index contributed by atoms with van der Waals surface area (Å²) in [5, 5.41) is 3.63. The maximum absolute atomic E-state index is 12.2. The van der Waals surface area contributed by atoms with Crippen LogP contribution < -0.4 is 5.32 Å². The first-order valence-electron chi connectivity index (χ1n) is 7.48. The average Bonchev–Trinajstić information content (AvgIpc) is 2.78. The lowest BCUT2D eigenvalue weighted by Crippen LogP contribution is -2.42. The Hall–Kier alpha value is -1.46. The second kappa shape index (κ2) is 6.12. The molecule has 1 amide bonds. The van der Waals surface area contributed by atoms with Crippen molar-refractivity contribution < 1.29 is 4.79 Å². The lowest BCUT2D eigenvalue weighted by Gasteiger charge is -2.34. The van der Waals surface area contributed by atoms with E-state index in [1.165, 1.54) is 17.8 Å². The smallest absolute Gasteiger partial charge is 0.240 e. The first kappa shape index (κ1) is 14.5. The number of para-hydroxylation sites is 1. The number of anilines is 1. The van der Waals surface area contributed by atoms with E-state index in [0.29, 0.717) is 23.5 Å². The molecule has 0 bridgehead atoms. The number of aromatic nitrogens is 1. The summed E-state index contributed by atoms with van der Waals surface area (Å²) in [7, 11) is 0. The van der Waals surface area contributed by atoms with Crippen molar-refractivity contribution in [3.05, 3.63) is 24.3 Å². The molecule has 1 fully saturated rings. The van der Waals surface area contributed by atoms with Crippen LogP contribution in [0.3, 0.4) is 0 Å². The highest BCUT2D eigenvalue weighted by atomic mass is 32.1. The molecule has 21 heavy (non-hydrogen) atoms. The molecular weight excluding hydrogens is 282 g/mol. The minimum absolute atomic E-state index is 0.0374. The largest absolute Gasteiger partial charge is 0.301 e. The average molecular weight is 303 g/mol. The third kappa shape index (κ3) is 3.60. The number of nitrogens with zero attached hydrogens (tertiary/aromatic N) is 2. The molecule has 0 aliphatic carbocycles. The van der Waals surface area contributed by atoms with Crippen LogP contribution in [0.4, 0.5) is 5.13 Å². The molecule has 2 heterocycles. The summed E-state index contributed by atoms with van der Waals surface area (Å²) in [5.41, 5.74) is 0.943. The zero-order valence-corrected chi connectivity index (χ0v) is 13.3. The van der Waals surface area contributed by atoms with Crippen LogP contribution in [0.15, 0.2) is 24.3 Å². The first-order valence-corrected chi connectivity index (χ1v) is 8.29. The molecule has 1 aliphatic heterocycles. The van der Waals surface area contributed by atoms with E-state index in [9.17, 15) is 4.79 Å². The number of hydrogen-bond acceptors (Lipinski definition) is 4. The van der Waals surface area contributed by atoms with E-state index in [2.05, 4.69) is 29.0 Å². The monoisotopic (exact) mass is 303 g/mol. The van der Waals surface area contributed by atoms with Crippen molar-refractivity contribution in [3.63, 3.8) is 0 Å². The Morgan fingerprint density at radius 1 is 1.33 bits per heavy atom. The third-order valence-corrected chi connectivity index (χ3v) is 4.80. The van der Waals surface area contributed by atoms with Gasteiger partial charge in [-0.05, 0) is 30.4 Å². The van der Waals surface area contributed by atoms with Crippen LogP contribution in [0.5, 0.6) is 0 Å². The number of thiazole rings is 1. The molecule has 1 aromatic heterocycles. The van der Waals surface area contributed by atoms with Crippen molar-refractivity contribution in [3.8, 4) is 0 Å². The summed E-state index contributed by atoms with van der Waals surface area (Å²) < 4.78 is 1.10. The van der Waals surface area contributed by atoms with Crippen molar-refractivity contribution in [2.75, 3.05) is 25.0 Å². The third-order valence-electron chi connectivity index (χ3n) is 3.85. The molecule has 112 valence electrons. The lowest BCUT2D eigenvalue weighted by atomic mass is 9.92. The summed E-state index contributed by atoms with van der Waals surface area (Å²) in [6.07, 6.45) is 1.26. The summed E-state index contributed by atoms with van der Waals surface area (Å²) >= 11 is 1.53. The van der Waals surface area contributed by atoms with Gasteiger partial charge in [-0.2, -0.15) is 0 Å². The van der Waals surface area contributed by atoms with Crippen LogP contribution in [0.2, 0.25) is 0 Å². The maximum Gasteiger partial charge on any atom is 0.240 e. The Balaban J connectivity index is 1.61. The SMILES string of the molecule is CC1CC(C)CN(CC(=O)Nc2nc3ccccc3s2)C1. The van der Waals surface area contributed by atoms with Crippen molar-refractivity contribution >= 4 is 32.6 Å². The molecule has 0 radical (unpaired) electrons. The van der Waals surface area contributed by atoms with E-state index in [-0.39, 0.29) is 5.91 Å². The number of fused-ring (bicyclic) bond motifs is 1. The number of piperidine rings is 1. The molecular formula is C16H21N3OS. The molecule has 1 aliphatic rings. The fraction of sp³-hybridized carbons (Fsp3) is 0.500. The normalized spacial score (nSPS) is 23.3.